The lowest BCUT2D eigenvalue weighted by molar-refractivity contribution is 0.765. The molecule has 1 aromatic carbocycles. The van der Waals surface area contributed by atoms with Crippen molar-refractivity contribution < 1.29 is 0 Å². The van der Waals surface area contributed by atoms with E-state index in [9.17, 15) is 5.26 Å². The molecule has 0 bridgehead atoms. The maximum absolute atomic E-state index is 9.26. The lowest BCUT2D eigenvalue weighted by atomic mass is 9.89. The first kappa shape index (κ1) is 10.2. The molecular formula is C15H14N2. The summed E-state index contributed by atoms with van der Waals surface area (Å²) >= 11 is 0. The van der Waals surface area contributed by atoms with Gasteiger partial charge in [-0.1, -0.05) is 19.1 Å². The minimum absolute atomic E-state index is 0.494. The minimum atomic E-state index is 0.494. The van der Waals surface area contributed by atoms with Crippen molar-refractivity contribution in [3.63, 3.8) is 0 Å². The molecule has 2 heteroatoms. The van der Waals surface area contributed by atoms with Gasteiger partial charge in [0, 0.05) is 23.6 Å². The summed E-state index contributed by atoms with van der Waals surface area (Å²) in [6, 6.07) is 8.28. The van der Waals surface area contributed by atoms with Crippen molar-refractivity contribution in [1.82, 2.24) is 4.57 Å². The van der Waals surface area contributed by atoms with Gasteiger partial charge in [-0.15, -0.1) is 0 Å². The van der Waals surface area contributed by atoms with E-state index in [1.807, 2.05) is 12.1 Å². The molecule has 0 radical (unpaired) electrons. The van der Waals surface area contributed by atoms with Gasteiger partial charge >= 0.3 is 0 Å². The first-order chi connectivity index (χ1) is 8.24. The van der Waals surface area contributed by atoms with Gasteiger partial charge in [0.25, 0.3) is 0 Å². The molecule has 3 rings (SSSR count). The maximum atomic E-state index is 9.26. The minimum Gasteiger partial charge on any atom is -0.344 e. The zero-order chi connectivity index (χ0) is 12.0. The molecule has 0 fully saturated rings. The Hall–Kier alpha value is -2.01. The van der Waals surface area contributed by atoms with E-state index in [0.717, 1.165) is 22.9 Å². The molecular weight excluding hydrogens is 208 g/mol. The fraction of sp³-hybridized carbons (Fsp3) is 0.267. The van der Waals surface area contributed by atoms with Gasteiger partial charge in [-0.25, -0.2) is 0 Å². The monoisotopic (exact) mass is 222 g/mol. The first-order valence-electron chi connectivity index (χ1n) is 5.92. The fourth-order valence-corrected chi connectivity index (χ4v) is 2.84. The molecule has 1 aromatic heterocycles. The van der Waals surface area contributed by atoms with Gasteiger partial charge in [0.05, 0.1) is 11.6 Å². The van der Waals surface area contributed by atoms with Gasteiger partial charge in [0.2, 0.25) is 0 Å². The Kier molecular flexibility index (Phi) is 2.09. The van der Waals surface area contributed by atoms with Crippen LogP contribution in [-0.2, 0) is 7.05 Å². The van der Waals surface area contributed by atoms with Crippen molar-refractivity contribution in [2.45, 2.75) is 19.3 Å². The Balaban J connectivity index is 2.52. The van der Waals surface area contributed by atoms with Crippen molar-refractivity contribution >= 4 is 17.0 Å². The van der Waals surface area contributed by atoms with Crippen LogP contribution in [0.25, 0.3) is 17.0 Å². The summed E-state index contributed by atoms with van der Waals surface area (Å²) in [4.78, 5) is 0. The number of aromatic nitrogens is 1. The van der Waals surface area contributed by atoms with E-state index in [1.54, 1.807) is 0 Å². The summed E-state index contributed by atoms with van der Waals surface area (Å²) in [5.41, 5.74) is 4.54. The van der Waals surface area contributed by atoms with Crippen LogP contribution in [0.2, 0.25) is 0 Å². The van der Waals surface area contributed by atoms with E-state index < -0.39 is 0 Å². The largest absolute Gasteiger partial charge is 0.344 e. The topological polar surface area (TPSA) is 28.7 Å². The molecule has 0 N–H and O–H groups in total. The van der Waals surface area contributed by atoms with Crippen LogP contribution >= 0.6 is 0 Å². The second-order valence-corrected chi connectivity index (χ2v) is 4.71. The van der Waals surface area contributed by atoms with E-state index in [2.05, 4.69) is 42.8 Å². The lowest BCUT2D eigenvalue weighted by Crippen LogP contribution is -2.01. The Morgan fingerprint density at radius 1 is 1.41 bits per heavy atom. The second kappa shape index (κ2) is 3.49. The number of fused-ring (bicyclic) bond motifs is 3. The van der Waals surface area contributed by atoms with Crippen LogP contribution in [0, 0.1) is 11.3 Å². The Labute approximate surface area is 101 Å². The Morgan fingerprint density at radius 2 is 2.24 bits per heavy atom. The summed E-state index contributed by atoms with van der Waals surface area (Å²) in [7, 11) is 2.07. The quantitative estimate of drug-likeness (QED) is 0.669. The van der Waals surface area contributed by atoms with Crippen molar-refractivity contribution in [1.29, 1.82) is 5.26 Å². The highest BCUT2D eigenvalue weighted by atomic mass is 14.9. The molecule has 1 atom stereocenters. The van der Waals surface area contributed by atoms with Crippen molar-refractivity contribution in [2.75, 3.05) is 0 Å². The number of hydrogen-bond acceptors (Lipinski definition) is 1. The van der Waals surface area contributed by atoms with E-state index >= 15 is 0 Å². The van der Waals surface area contributed by atoms with Gasteiger partial charge in [-0.2, -0.15) is 5.26 Å². The van der Waals surface area contributed by atoms with Gasteiger partial charge in [-0.05, 0) is 36.1 Å². The predicted octanol–water partition coefficient (Wildman–Crippen LogP) is 3.57. The number of nitriles is 1. The summed E-state index contributed by atoms with van der Waals surface area (Å²) in [6.45, 7) is 2.23. The zero-order valence-corrected chi connectivity index (χ0v) is 10.1. The second-order valence-electron chi connectivity index (χ2n) is 4.71. The SMILES string of the molecule is CC1CC=Cc2c1c1c(C#N)cccc1n2C. The molecule has 84 valence electrons. The highest BCUT2D eigenvalue weighted by molar-refractivity contribution is 5.93. The average Bonchev–Trinajstić information content (AvgIpc) is 2.65. The maximum Gasteiger partial charge on any atom is 0.0998 e. The van der Waals surface area contributed by atoms with Crippen LogP contribution in [0.4, 0.5) is 0 Å². The third-order valence-corrected chi connectivity index (χ3v) is 3.69. The van der Waals surface area contributed by atoms with Crippen LogP contribution in [0.15, 0.2) is 24.3 Å². The van der Waals surface area contributed by atoms with Gasteiger partial charge in [0.15, 0.2) is 0 Å². The van der Waals surface area contributed by atoms with E-state index in [1.165, 1.54) is 11.3 Å². The van der Waals surface area contributed by atoms with E-state index in [4.69, 9.17) is 0 Å². The molecule has 0 aliphatic heterocycles. The summed E-state index contributed by atoms with van der Waals surface area (Å²) in [5.74, 6) is 0.494. The number of rotatable bonds is 0. The molecule has 0 saturated heterocycles. The molecule has 1 aliphatic rings. The normalized spacial score (nSPS) is 18.1. The third kappa shape index (κ3) is 1.26. The molecule has 0 amide bonds. The fourth-order valence-electron chi connectivity index (χ4n) is 2.84. The molecule has 0 saturated carbocycles. The standard InChI is InChI=1S/C15H14N2/c1-10-5-3-7-12-14(10)15-11(9-16)6-4-8-13(15)17(12)2/h3-4,6-8,10H,5H2,1-2H3. The predicted molar refractivity (Wildman–Crippen MR) is 69.7 cm³/mol. The number of allylic oxidation sites excluding steroid dienone is 1. The summed E-state index contributed by atoms with van der Waals surface area (Å²) in [5, 5.41) is 10.4. The van der Waals surface area contributed by atoms with Gasteiger partial charge < -0.3 is 4.57 Å². The zero-order valence-electron chi connectivity index (χ0n) is 10.1. The summed E-state index contributed by atoms with van der Waals surface area (Å²) in [6.07, 6.45) is 5.46. The van der Waals surface area contributed by atoms with Crippen molar-refractivity contribution in [2.24, 2.45) is 7.05 Å². The van der Waals surface area contributed by atoms with Crippen molar-refractivity contribution in [3.05, 3.63) is 41.1 Å². The average molecular weight is 222 g/mol. The van der Waals surface area contributed by atoms with Crippen LogP contribution < -0.4 is 0 Å². The highest BCUT2D eigenvalue weighted by Gasteiger charge is 2.22. The number of benzene rings is 1. The number of nitrogens with zero attached hydrogens (tertiary/aromatic N) is 2. The Morgan fingerprint density at radius 3 is 3.00 bits per heavy atom. The van der Waals surface area contributed by atoms with Crippen molar-refractivity contribution in [3.8, 4) is 6.07 Å². The number of hydrogen-bond donors (Lipinski definition) is 0. The highest BCUT2D eigenvalue weighted by Crippen LogP contribution is 2.38. The Bertz CT molecular complexity index is 668. The molecule has 2 aromatic rings. The molecule has 1 heterocycles. The molecule has 0 spiro atoms. The molecule has 1 aliphatic carbocycles. The van der Waals surface area contributed by atoms with E-state index in [0.29, 0.717) is 5.92 Å². The number of aryl methyl sites for hydroxylation is 1. The molecule has 17 heavy (non-hydrogen) atoms. The summed E-state index contributed by atoms with van der Waals surface area (Å²) < 4.78 is 2.19. The van der Waals surface area contributed by atoms with Gasteiger partial charge in [-0.3, -0.25) is 0 Å². The van der Waals surface area contributed by atoms with Crippen LogP contribution in [0.1, 0.15) is 36.1 Å². The van der Waals surface area contributed by atoms with E-state index in [-0.39, 0.29) is 0 Å². The third-order valence-electron chi connectivity index (χ3n) is 3.69. The van der Waals surface area contributed by atoms with Crippen LogP contribution in [0.3, 0.4) is 0 Å². The lowest BCUT2D eigenvalue weighted by Gasteiger charge is -2.15. The van der Waals surface area contributed by atoms with Crippen LogP contribution in [0.5, 0.6) is 0 Å². The van der Waals surface area contributed by atoms with Crippen LogP contribution in [-0.4, -0.2) is 4.57 Å². The van der Waals surface area contributed by atoms with Gasteiger partial charge in [0.1, 0.15) is 0 Å². The molecule has 1 unspecified atom stereocenters. The first-order valence-corrected chi connectivity index (χ1v) is 5.92. The smallest absolute Gasteiger partial charge is 0.0998 e. The molecule has 2 nitrogen and oxygen atoms in total.